The van der Waals surface area contributed by atoms with Crippen molar-refractivity contribution in [1.82, 2.24) is 0 Å². The Bertz CT molecular complexity index is 854. The molecule has 0 saturated carbocycles. The van der Waals surface area contributed by atoms with Crippen molar-refractivity contribution < 1.29 is 0 Å². The van der Waals surface area contributed by atoms with Crippen molar-refractivity contribution in [3.8, 4) is 11.1 Å². The number of rotatable bonds is 6. The van der Waals surface area contributed by atoms with Crippen molar-refractivity contribution in [3.05, 3.63) is 115 Å². The van der Waals surface area contributed by atoms with Gasteiger partial charge in [0.15, 0.2) is 0 Å². The zero-order valence-corrected chi connectivity index (χ0v) is 14.1. The Hall–Kier alpha value is -3.32. The maximum absolute atomic E-state index is 3.65. The smallest absolute Gasteiger partial charge is 0.0384 e. The van der Waals surface area contributed by atoms with Gasteiger partial charge in [-0.15, -0.1) is 0 Å². The third-order valence-corrected chi connectivity index (χ3v) is 3.84. The van der Waals surface area contributed by atoms with Crippen molar-refractivity contribution in [1.29, 1.82) is 0 Å². The normalized spacial score (nSPS) is 11.0. The molecule has 3 aromatic carbocycles. The summed E-state index contributed by atoms with van der Waals surface area (Å²) in [4.78, 5) is 0. The molecule has 1 N–H and O–H groups in total. The molecule has 0 amide bonds. The maximum atomic E-state index is 3.65. The van der Waals surface area contributed by atoms with Crippen LogP contribution >= 0.6 is 0 Å². The second kappa shape index (κ2) is 8.51. The predicted octanol–water partition coefficient (Wildman–Crippen LogP) is 6.85. The van der Waals surface area contributed by atoms with Gasteiger partial charge in [0.2, 0.25) is 0 Å². The van der Waals surface area contributed by atoms with Crippen LogP contribution < -0.4 is 5.32 Å². The molecule has 122 valence electrons. The standard InChI is InChI=1S/C24H21N/c1-2-3-4-6-9-20-12-16-23(17-13-20)25-24-18-14-22(15-19-24)21-10-7-5-8-11-21/h2-19,25H,1H2/b4-3-,9-6?. The lowest BCUT2D eigenvalue weighted by molar-refractivity contribution is 1.53. The molecule has 0 spiro atoms. The second-order valence-electron chi connectivity index (χ2n) is 5.67. The van der Waals surface area contributed by atoms with Crippen LogP contribution in [0.2, 0.25) is 0 Å². The number of allylic oxidation sites excluding steroid dienone is 4. The van der Waals surface area contributed by atoms with Gasteiger partial charge in [0.25, 0.3) is 0 Å². The number of hydrogen-bond acceptors (Lipinski definition) is 1. The third kappa shape index (κ3) is 4.82. The summed E-state index contributed by atoms with van der Waals surface area (Å²) < 4.78 is 0. The van der Waals surface area contributed by atoms with Crippen molar-refractivity contribution in [2.75, 3.05) is 5.32 Å². The fourth-order valence-electron chi connectivity index (χ4n) is 2.53. The molecule has 0 aromatic heterocycles. The van der Waals surface area contributed by atoms with Crippen LogP contribution in [0.3, 0.4) is 0 Å². The van der Waals surface area contributed by atoms with Crippen molar-refractivity contribution in [3.63, 3.8) is 0 Å². The summed E-state index contributed by atoms with van der Waals surface area (Å²) in [5.74, 6) is 0. The molecule has 0 aliphatic carbocycles. The van der Waals surface area contributed by atoms with Gasteiger partial charge in [-0.25, -0.2) is 0 Å². The van der Waals surface area contributed by atoms with Gasteiger partial charge in [-0.05, 0) is 41.0 Å². The first-order valence-corrected chi connectivity index (χ1v) is 8.33. The van der Waals surface area contributed by atoms with Gasteiger partial charge in [-0.3, -0.25) is 0 Å². The van der Waals surface area contributed by atoms with E-state index in [0.717, 1.165) is 11.4 Å². The Kier molecular flexibility index (Phi) is 5.63. The summed E-state index contributed by atoms with van der Waals surface area (Å²) >= 11 is 0. The number of benzene rings is 3. The fraction of sp³-hybridized carbons (Fsp3) is 0. The molecule has 1 heteroatoms. The Morgan fingerprint density at radius 1 is 0.600 bits per heavy atom. The van der Waals surface area contributed by atoms with Gasteiger partial charge < -0.3 is 5.32 Å². The highest BCUT2D eigenvalue weighted by Crippen LogP contribution is 2.23. The van der Waals surface area contributed by atoms with Crippen LogP contribution in [0.25, 0.3) is 17.2 Å². The van der Waals surface area contributed by atoms with E-state index in [4.69, 9.17) is 0 Å². The quantitative estimate of drug-likeness (QED) is 0.489. The van der Waals surface area contributed by atoms with E-state index in [0.29, 0.717) is 0 Å². The van der Waals surface area contributed by atoms with Crippen molar-refractivity contribution in [2.45, 2.75) is 0 Å². The largest absolute Gasteiger partial charge is 0.356 e. The molecular weight excluding hydrogens is 302 g/mol. The average molecular weight is 323 g/mol. The first-order valence-electron chi connectivity index (χ1n) is 8.33. The molecule has 1 nitrogen and oxygen atoms in total. The van der Waals surface area contributed by atoms with E-state index in [1.807, 2.05) is 24.3 Å². The first-order chi connectivity index (χ1) is 12.3. The van der Waals surface area contributed by atoms with Crippen LogP contribution in [-0.4, -0.2) is 0 Å². The van der Waals surface area contributed by atoms with Gasteiger partial charge in [-0.2, -0.15) is 0 Å². The van der Waals surface area contributed by atoms with Crippen LogP contribution in [0.1, 0.15) is 5.56 Å². The van der Waals surface area contributed by atoms with Gasteiger partial charge in [-0.1, -0.05) is 91.6 Å². The minimum atomic E-state index is 1.08. The number of nitrogens with one attached hydrogen (secondary N) is 1. The summed E-state index contributed by atoms with van der Waals surface area (Å²) in [5.41, 5.74) is 5.77. The zero-order chi connectivity index (χ0) is 17.3. The highest BCUT2D eigenvalue weighted by atomic mass is 14.9. The predicted molar refractivity (Wildman–Crippen MR) is 110 cm³/mol. The van der Waals surface area contributed by atoms with Crippen LogP contribution in [-0.2, 0) is 0 Å². The summed E-state index contributed by atoms with van der Waals surface area (Å²) in [7, 11) is 0. The van der Waals surface area contributed by atoms with Crippen molar-refractivity contribution >= 4 is 17.5 Å². The molecule has 0 atom stereocenters. The SMILES string of the molecule is C=C/C=C\C=Cc1ccc(Nc2ccc(-c3ccccc3)cc2)cc1. The van der Waals surface area contributed by atoms with E-state index >= 15 is 0 Å². The molecule has 0 saturated heterocycles. The summed E-state index contributed by atoms with van der Waals surface area (Å²) in [6, 6.07) is 27.3. The summed E-state index contributed by atoms with van der Waals surface area (Å²) in [6.45, 7) is 3.65. The molecule has 0 radical (unpaired) electrons. The van der Waals surface area contributed by atoms with Crippen LogP contribution in [0.4, 0.5) is 11.4 Å². The van der Waals surface area contributed by atoms with E-state index in [1.165, 1.54) is 16.7 Å². The molecule has 0 bridgehead atoms. The lowest BCUT2D eigenvalue weighted by Crippen LogP contribution is -1.90. The Morgan fingerprint density at radius 3 is 1.84 bits per heavy atom. The van der Waals surface area contributed by atoms with E-state index in [-0.39, 0.29) is 0 Å². The van der Waals surface area contributed by atoms with Crippen LogP contribution in [0.15, 0.2) is 110 Å². The topological polar surface area (TPSA) is 12.0 Å². The maximum Gasteiger partial charge on any atom is 0.0384 e. The average Bonchev–Trinajstić information content (AvgIpc) is 2.68. The minimum Gasteiger partial charge on any atom is -0.356 e. The fourth-order valence-corrected chi connectivity index (χ4v) is 2.53. The molecule has 0 aliphatic rings. The third-order valence-electron chi connectivity index (χ3n) is 3.84. The van der Waals surface area contributed by atoms with Crippen molar-refractivity contribution in [2.24, 2.45) is 0 Å². The number of hydrogen-bond donors (Lipinski definition) is 1. The molecular formula is C24H21N. The van der Waals surface area contributed by atoms with E-state index in [2.05, 4.69) is 90.8 Å². The van der Waals surface area contributed by atoms with Crippen LogP contribution in [0.5, 0.6) is 0 Å². The zero-order valence-electron chi connectivity index (χ0n) is 14.1. The monoisotopic (exact) mass is 323 g/mol. The molecule has 0 aliphatic heterocycles. The first kappa shape index (κ1) is 16.5. The van der Waals surface area contributed by atoms with Gasteiger partial charge in [0, 0.05) is 11.4 Å². The second-order valence-corrected chi connectivity index (χ2v) is 5.67. The lowest BCUT2D eigenvalue weighted by atomic mass is 10.1. The molecule has 0 unspecified atom stereocenters. The highest BCUT2D eigenvalue weighted by Gasteiger charge is 1.98. The van der Waals surface area contributed by atoms with E-state index < -0.39 is 0 Å². The minimum absolute atomic E-state index is 1.08. The summed E-state index contributed by atoms with van der Waals surface area (Å²) in [6.07, 6.45) is 9.71. The Balaban J connectivity index is 1.65. The van der Waals surface area contributed by atoms with Gasteiger partial charge in [0.1, 0.15) is 0 Å². The van der Waals surface area contributed by atoms with E-state index in [1.54, 1.807) is 6.08 Å². The Morgan fingerprint density at radius 2 is 1.20 bits per heavy atom. The Labute approximate surface area is 149 Å². The van der Waals surface area contributed by atoms with Gasteiger partial charge >= 0.3 is 0 Å². The molecule has 0 fully saturated rings. The highest BCUT2D eigenvalue weighted by molar-refractivity contribution is 5.68. The number of anilines is 2. The van der Waals surface area contributed by atoms with Crippen LogP contribution in [0, 0.1) is 0 Å². The molecule has 25 heavy (non-hydrogen) atoms. The summed E-state index contributed by atoms with van der Waals surface area (Å²) in [5, 5.41) is 3.43. The molecule has 3 aromatic rings. The lowest BCUT2D eigenvalue weighted by Gasteiger charge is -2.08. The van der Waals surface area contributed by atoms with Gasteiger partial charge in [0.05, 0.1) is 0 Å². The molecule has 0 heterocycles. The van der Waals surface area contributed by atoms with E-state index in [9.17, 15) is 0 Å². The molecule has 3 rings (SSSR count).